The number of anilines is 1. The average Bonchev–Trinajstić information content (AvgIpc) is 3.11. The molecule has 168 valence electrons. The highest BCUT2D eigenvalue weighted by atomic mass is 32.2. The molecular weight excluding hydrogens is 428 g/mol. The molecule has 8 heteroatoms. The SMILES string of the molecule is Cc1ccc2oc(C(=O)N(Cc3ccc(N(C)C)cc3)[C@@H]3CCS(=O)(=O)C3)cc(=O)c2c1. The second-order valence-corrected chi connectivity index (χ2v) is 10.8. The van der Waals surface area contributed by atoms with Crippen molar-refractivity contribution < 1.29 is 17.6 Å². The maximum absolute atomic E-state index is 13.5. The third-order valence-corrected chi connectivity index (χ3v) is 7.56. The van der Waals surface area contributed by atoms with E-state index in [2.05, 4.69) is 0 Å². The Balaban J connectivity index is 1.70. The van der Waals surface area contributed by atoms with Gasteiger partial charge in [0, 0.05) is 38.4 Å². The van der Waals surface area contributed by atoms with Crippen LogP contribution in [0.15, 0.2) is 57.7 Å². The molecule has 0 saturated carbocycles. The monoisotopic (exact) mass is 454 g/mol. The Morgan fingerprint density at radius 3 is 2.44 bits per heavy atom. The van der Waals surface area contributed by atoms with Crippen molar-refractivity contribution in [2.24, 2.45) is 0 Å². The first-order valence-electron chi connectivity index (χ1n) is 10.5. The number of hydrogen-bond donors (Lipinski definition) is 0. The lowest BCUT2D eigenvalue weighted by molar-refractivity contribution is 0.0648. The van der Waals surface area contributed by atoms with Crippen molar-refractivity contribution in [2.75, 3.05) is 30.5 Å². The van der Waals surface area contributed by atoms with Crippen LogP contribution >= 0.6 is 0 Å². The fourth-order valence-corrected chi connectivity index (χ4v) is 5.73. The Labute approximate surface area is 187 Å². The highest BCUT2D eigenvalue weighted by Gasteiger charge is 2.36. The lowest BCUT2D eigenvalue weighted by Crippen LogP contribution is -2.40. The number of fused-ring (bicyclic) bond motifs is 1. The molecule has 0 spiro atoms. The topological polar surface area (TPSA) is 87.9 Å². The minimum absolute atomic E-state index is 0.0436. The minimum Gasteiger partial charge on any atom is -0.451 e. The van der Waals surface area contributed by atoms with Gasteiger partial charge in [-0.3, -0.25) is 9.59 Å². The van der Waals surface area contributed by atoms with Crippen LogP contribution in [0.5, 0.6) is 0 Å². The molecule has 1 atom stereocenters. The Hall–Kier alpha value is -3.13. The maximum atomic E-state index is 13.5. The van der Waals surface area contributed by atoms with Crippen molar-refractivity contribution in [3.8, 4) is 0 Å². The quantitative estimate of drug-likeness (QED) is 0.589. The summed E-state index contributed by atoms with van der Waals surface area (Å²) in [6.45, 7) is 2.10. The lowest BCUT2D eigenvalue weighted by Gasteiger charge is -2.28. The highest BCUT2D eigenvalue weighted by Crippen LogP contribution is 2.24. The summed E-state index contributed by atoms with van der Waals surface area (Å²) in [6, 6.07) is 13.7. The number of carbonyl (C=O) groups is 1. The van der Waals surface area contributed by atoms with Gasteiger partial charge in [-0.25, -0.2) is 8.42 Å². The molecule has 1 aromatic heterocycles. The van der Waals surface area contributed by atoms with E-state index < -0.39 is 21.8 Å². The zero-order valence-electron chi connectivity index (χ0n) is 18.4. The van der Waals surface area contributed by atoms with Gasteiger partial charge in [-0.15, -0.1) is 0 Å². The van der Waals surface area contributed by atoms with Crippen LogP contribution in [0, 0.1) is 6.92 Å². The average molecular weight is 455 g/mol. The van der Waals surface area contributed by atoms with Crippen LogP contribution in [0.1, 0.15) is 28.1 Å². The Bertz CT molecular complexity index is 1330. The molecule has 1 aliphatic heterocycles. The molecule has 1 amide bonds. The molecule has 0 aliphatic carbocycles. The van der Waals surface area contributed by atoms with Crippen molar-refractivity contribution in [1.82, 2.24) is 4.90 Å². The van der Waals surface area contributed by atoms with Gasteiger partial charge in [-0.05, 0) is 43.2 Å². The summed E-state index contributed by atoms with van der Waals surface area (Å²) in [7, 11) is 0.677. The van der Waals surface area contributed by atoms with E-state index in [1.165, 1.54) is 11.0 Å². The first-order chi connectivity index (χ1) is 15.1. The van der Waals surface area contributed by atoms with Crippen LogP contribution in [0.3, 0.4) is 0 Å². The van der Waals surface area contributed by atoms with Gasteiger partial charge in [0.25, 0.3) is 5.91 Å². The molecule has 7 nitrogen and oxygen atoms in total. The van der Waals surface area contributed by atoms with Crippen molar-refractivity contribution >= 4 is 32.4 Å². The Morgan fingerprint density at radius 1 is 1.09 bits per heavy atom. The van der Waals surface area contributed by atoms with Crippen LogP contribution in [0.2, 0.25) is 0 Å². The van der Waals surface area contributed by atoms with Gasteiger partial charge in [-0.1, -0.05) is 23.8 Å². The van der Waals surface area contributed by atoms with E-state index in [0.29, 0.717) is 17.4 Å². The molecule has 0 N–H and O–H groups in total. The van der Waals surface area contributed by atoms with Crippen molar-refractivity contribution in [3.63, 3.8) is 0 Å². The number of sulfone groups is 1. The molecule has 4 rings (SSSR count). The van der Waals surface area contributed by atoms with Gasteiger partial charge in [-0.2, -0.15) is 0 Å². The van der Waals surface area contributed by atoms with Crippen LogP contribution in [-0.2, 0) is 16.4 Å². The number of rotatable bonds is 5. The predicted octanol–water partition coefficient (Wildman–Crippen LogP) is 3.00. The number of nitrogens with zero attached hydrogens (tertiary/aromatic N) is 2. The van der Waals surface area contributed by atoms with Gasteiger partial charge in [0.1, 0.15) is 5.58 Å². The molecule has 0 bridgehead atoms. The van der Waals surface area contributed by atoms with E-state index in [0.717, 1.165) is 16.8 Å². The van der Waals surface area contributed by atoms with Crippen molar-refractivity contribution in [1.29, 1.82) is 0 Å². The zero-order chi connectivity index (χ0) is 23.0. The van der Waals surface area contributed by atoms with Gasteiger partial charge in [0.15, 0.2) is 21.0 Å². The smallest absolute Gasteiger partial charge is 0.290 e. The Morgan fingerprint density at radius 2 is 1.81 bits per heavy atom. The highest BCUT2D eigenvalue weighted by molar-refractivity contribution is 7.91. The normalized spacial score (nSPS) is 17.4. The second kappa shape index (κ2) is 8.43. The van der Waals surface area contributed by atoms with Gasteiger partial charge in [0.2, 0.25) is 0 Å². The summed E-state index contributed by atoms with van der Waals surface area (Å²) in [5.74, 6) is -0.614. The summed E-state index contributed by atoms with van der Waals surface area (Å²) in [6.07, 6.45) is 0.362. The van der Waals surface area contributed by atoms with Crippen LogP contribution in [-0.4, -0.2) is 50.9 Å². The molecule has 3 aromatic rings. The molecule has 1 fully saturated rings. The van der Waals surface area contributed by atoms with Gasteiger partial charge >= 0.3 is 0 Å². The minimum atomic E-state index is -3.21. The molecule has 0 unspecified atom stereocenters. The van der Waals surface area contributed by atoms with Crippen LogP contribution < -0.4 is 10.3 Å². The number of amides is 1. The van der Waals surface area contributed by atoms with Crippen LogP contribution in [0.25, 0.3) is 11.0 Å². The lowest BCUT2D eigenvalue weighted by atomic mass is 10.1. The van der Waals surface area contributed by atoms with Crippen molar-refractivity contribution in [2.45, 2.75) is 25.9 Å². The predicted molar refractivity (Wildman–Crippen MR) is 125 cm³/mol. The number of aryl methyl sites for hydroxylation is 1. The fraction of sp³-hybridized carbons (Fsp3) is 0.333. The number of carbonyl (C=O) groups excluding carboxylic acids is 1. The van der Waals surface area contributed by atoms with E-state index in [9.17, 15) is 18.0 Å². The van der Waals surface area contributed by atoms with Gasteiger partial charge < -0.3 is 14.2 Å². The zero-order valence-corrected chi connectivity index (χ0v) is 19.2. The van der Waals surface area contributed by atoms with Gasteiger partial charge in [0.05, 0.1) is 16.9 Å². The molecule has 1 saturated heterocycles. The summed E-state index contributed by atoms with van der Waals surface area (Å²) in [4.78, 5) is 29.6. The van der Waals surface area contributed by atoms with E-state index in [-0.39, 0.29) is 29.2 Å². The summed E-state index contributed by atoms with van der Waals surface area (Å²) in [5, 5.41) is 0.413. The molecular formula is C24H26N2O5S. The van der Waals surface area contributed by atoms with E-state index in [4.69, 9.17) is 4.42 Å². The fourth-order valence-electron chi connectivity index (χ4n) is 4.00. The molecule has 32 heavy (non-hydrogen) atoms. The van der Waals surface area contributed by atoms with E-state index in [1.54, 1.807) is 12.1 Å². The molecule has 0 radical (unpaired) electrons. The molecule has 2 heterocycles. The molecule has 2 aromatic carbocycles. The number of hydrogen-bond acceptors (Lipinski definition) is 6. The van der Waals surface area contributed by atoms with E-state index in [1.807, 2.05) is 56.3 Å². The third-order valence-electron chi connectivity index (χ3n) is 5.81. The van der Waals surface area contributed by atoms with Crippen LogP contribution in [0.4, 0.5) is 5.69 Å². The first-order valence-corrected chi connectivity index (χ1v) is 12.3. The van der Waals surface area contributed by atoms with Crippen molar-refractivity contribution in [3.05, 3.63) is 75.6 Å². The maximum Gasteiger partial charge on any atom is 0.290 e. The second-order valence-electron chi connectivity index (χ2n) is 8.53. The third kappa shape index (κ3) is 4.55. The first kappa shape index (κ1) is 22.1. The Kier molecular flexibility index (Phi) is 5.81. The van der Waals surface area contributed by atoms with E-state index >= 15 is 0 Å². The standard InChI is InChI=1S/C24H26N2O5S/c1-16-4-9-22-20(12-16)21(27)13-23(31-22)24(28)26(19-10-11-32(29,30)15-19)14-17-5-7-18(8-6-17)25(2)3/h4-9,12-13,19H,10-11,14-15H2,1-3H3/t19-/m1/s1. The largest absolute Gasteiger partial charge is 0.451 e. The summed E-state index contributed by atoms with van der Waals surface area (Å²) in [5.41, 5.74) is 2.84. The molecule has 1 aliphatic rings. The summed E-state index contributed by atoms with van der Waals surface area (Å²) >= 11 is 0. The summed E-state index contributed by atoms with van der Waals surface area (Å²) < 4.78 is 30.0. The number of benzene rings is 2.